The van der Waals surface area contributed by atoms with E-state index in [1.54, 1.807) is 31.2 Å². The molecule has 0 aliphatic heterocycles. The summed E-state index contributed by atoms with van der Waals surface area (Å²) in [5.41, 5.74) is 2.28. The summed E-state index contributed by atoms with van der Waals surface area (Å²) < 4.78 is 42.4. The van der Waals surface area contributed by atoms with Crippen LogP contribution in [0.3, 0.4) is 0 Å². The summed E-state index contributed by atoms with van der Waals surface area (Å²) in [6.07, 6.45) is 3.59. The normalized spacial score (nSPS) is 13.2. The number of hydrogen-bond donors (Lipinski definition) is 2. The SMILES string of the molecule is CCOC(=O)c1c(NC(=O)c2ccccc2NS(=O)(=O)c2cccc3nsnc23)sc2c1CCCC2. The van der Waals surface area contributed by atoms with Crippen LogP contribution in [0.2, 0.25) is 0 Å². The second kappa shape index (κ2) is 9.96. The lowest BCUT2D eigenvalue weighted by Crippen LogP contribution is -2.19. The number of sulfonamides is 1. The van der Waals surface area contributed by atoms with Crippen molar-refractivity contribution in [1.29, 1.82) is 0 Å². The highest BCUT2D eigenvalue weighted by Gasteiger charge is 2.28. The molecule has 0 unspecified atom stereocenters. The summed E-state index contributed by atoms with van der Waals surface area (Å²) in [4.78, 5) is 27.1. The molecule has 1 aliphatic rings. The van der Waals surface area contributed by atoms with Gasteiger partial charge in [-0.1, -0.05) is 18.2 Å². The molecular formula is C24H22N4O5S3. The molecule has 0 spiro atoms. The smallest absolute Gasteiger partial charge is 0.341 e. The predicted octanol–water partition coefficient (Wildman–Crippen LogP) is 4.86. The third-order valence-electron chi connectivity index (χ3n) is 5.83. The second-order valence-electron chi connectivity index (χ2n) is 8.13. The summed E-state index contributed by atoms with van der Waals surface area (Å²) in [7, 11) is -4.07. The topological polar surface area (TPSA) is 127 Å². The first-order valence-electron chi connectivity index (χ1n) is 11.3. The van der Waals surface area contributed by atoms with Gasteiger partial charge in [-0.3, -0.25) is 9.52 Å². The van der Waals surface area contributed by atoms with Crippen molar-refractivity contribution in [3.63, 3.8) is 0 Å². The first-order chi connectivity index (χ1) is 17.4. The van der Waals surface area contributed by atoms with Crippen molar-refractivity contribution in [2.75, 3.05) is 16.6 Å². The molecule has 5 rings (SSSR count). The zero-order valence-electron chi connectivity index (χ0n) is 19.2. The number of aryl methyl sites for hydroxylation is 1. The Hall–Kier alpha value is -3.35. The Morgan fingerprint density at radius 3 is 2.69 bits per heavy atom. The van der Waals surface area contributed by atoms with E-state index in [-0.39, 0.29) is 28.3 Å². The molecule has 2 heterocycles. The molecule has 0 saturated carbocycles. The van der Waals surface area contributed by atoms with Gasteiger partial charge in [-0.05, 0) is 62.4 Å². The van der Waals surface area contributed by atoms with E-state index >= 15 is 0 Å². The van der Waals surface area contributed by atoms with E-state index in [1.807, 2.05) is 0 Å². The van der Waals surface area contributed by atoms with Gasteiger partial charge < -0.3 is 10.1 Å². The fraction of sp³-hybridized carbons (Fsp3) is 0.250. The average molecular weight is 543 g/mol. The maximum Gasteiger partial charge on any atom is 0.341 e. The fourth-order valence-electron chi connectivity index (χ4n) is 4.21. The Labute approximate surface area is 215 Å². The monoisotopic (exact) mass is 542 g/mol. The minimum absolute atomic E-state index is 0.0282. The van der Waals surface area contributed by atoms with E-state index in [0.29, 0.717) is 16.1 Å². The van der Waals surface area contributed by atoms with Gasteiger partial charge in [0, 0.05) is 4.88 Å². The number of para-hydroxylation sites is 1. The predicted molar refractivity (Wildman–Crippen MR) is 140 cm³/mol. The van der Waals surface area contributed by atoms with Crippen LogP contribution in [0.4, 0.5) is 10.7 Å². The molecule has 0 fully saturated rings. The number of hydrogen-bond acceptors (Lipinski definition) is 9. The zero-order valence-corrected chi connectivity index (χ0v) is 21.7. The molecular weight excluding hydrogens is 520 g/mol. The van der Waals surface area contributed by atoms with Crippen LogP contribution in [0.15, 0.2) is 47.4 Å². The molecule has 1 amide bonds. The lowest BCUT2D eigenvalue weighted by atomic mass is 9.95. The molecule has 2 aromatic heterocycles. The van der Waals surface area contributed by atoms with Crippen molar-refractivity contribution < 1.29 is 22.7 Å². The molecule has 0 saturated heterocycles. The maximum atomic E-state index is 13.4. The Kier molecular flexibility index (Phi) is 6.73. The lowest BCUT2D eigenvalue weighted by Gasteiger charge is -2.14. The number of rotatable bonds is 7. The molecule has 0 bridgehead atoms. The number of fused-ring (bicyclic) bond motifs is 2. The van der Waals surface area contributed by atoms with Crippen molar-refractivity contribution in [3.05, 3.63) is 64.0 Å². The summed E-state index contributed by atoms with van der Waals surface area (Å²) in [6.45, 7) is 1.96. The van der Waals surface area contributed by atoms with Gasteiger partial charge in [0.25, 0.3) is 15.9 Å². The van der Waals surface area contributed by atoms with Gasteiger partial charge in [-0.2, -0.15) is 8.75 Å². The van der Waals surface area contributed by atoms with E-state index in [9.17, 15) is 18.0 Å². The van der Waals surface area contributed by atoms with Gasteiger partial charge in [0.15, 0.2) is 0 Å². The number of amides is 1. The average Bonchev–Trinajstić information content (AvgIpc) is 3.48. The van der Waals surface area contributed by atoms with Crippen LogP contribution in [0.5, 0.6) is 0 Å². The molecule has 2 aromatic carbocycles. The Bertz CT molecular complexity index is 1580. The number of nitrogens with one attached hydrogen (secondary N) is 2. The van der Waals surface area contributed by atoms with Gasteiger partial charge in [-0.15, -0.1) is 11.3 Å². The van der Waals surface area contributed by atoms with Crippen LogP contribution < -0.4 is 10.0 Å². The quantitative estimate of drug-likeness (QED) is 0.319. The molecule has 4 aromatic rings. The van der Waals surface area contributed by atoms with Crippen LogP contribution in [-0.4, -0.2) is 35.6 Å². The first kappa shape index (κ1) is 24.3. The Balaban J connectivity index is 1.47. The molecule has 1 aliphatic carbocycles. The van der Waals surface area contributed by atoms with Crippen molar-refractivity contribution in [1.82, 2.24) is 8.75 Å². The summed E-state index contributed by atoms with van der Waals surface area (Å²) in [5, 5.41) is 3.26. The Morgan fingerprint density at radius 2 is 1.86 bits per heavy atom. The number of benzene rings is 2. The molecule has 186 valence electrons. The summed E-state index contributed by atoms with van der Waals surface area (Å²) in [5.74, 6) is -1.00. The van der Waals surface area contributed by atoms with Crippen LogP contribution >= 0.6 is 23.1 Å². The zero-order chi connectivity index (χ0) is 25.3. The van der Waals surface area contributed by atoms with Gasteiger partial charge in [0.2, 0.25) is 0 Å². The number of anilines is 2. The molecule has 12 heteroatoms. The lowest BCUT2D eigenvalue weighted by molar-refractivity contribution is 0.0526. The third-order valence-corrected chi connectivity index (χ3v) is 8.98. The molecule has 0 atom stereocenters. The molecule has 0 radical (unpaired) electrons. The number of nitrogens with zero attached hydrogens (tertiary/aromatic N) is 2. The van der Waals surface area contributed by atoms with Crippen molar-refractivity contribution in [2.24, 2.45) is 0 Å². The highest BCUT2D eigenvalue weighted by atomic mass is 32.2. The van der Waals surface area contributed by atoms with Gasteiger partial charge in [0.05, 0.1) is 35.1 Å². The summed E-state index contributed by atoms with van der Waals surface area (Å²) >= 11 is 2.30. The number of carbonyl (C=O) groups excluding carboxylic acids is 2. The standard InChI is InChI=1S/C24H22N4O5S3/c1-2-33-24(30)20-15-9-4-6-12-18(15)34-23(20)25-22(29)14-8-3-5-10-16(14)28-36(31,32)19-13-7-11-17-21(19)27-35-26-17/h3,5,7-8,10-11,13,28H,2,4,6,9,12H2,1H3,(H,25,29). The van der Waals surface area contributed by atoms with Crippen molar-refractivity contribution >= 4 is 66.7 Å². The fourth-order valence-corrected chi connectivity index (χ4v) is 7.33. The van der Waals surface area contributed by atoms with E-state index in [0.717, 1.165) is 47.9 Å². The second-order valence-corrected chi connectivity index (χ2v) is 11.4. The molecule has 2 N–H and O–H groups in total. The van der Waals surface area contributed by atoms with Crippen LogP contribution in [0, 0.1) is 0 Å². The summed E-state index contributed by atoms with van der Waals surface area (Å²) in [6, 6.07) is 11.0. The highest BCUT2D eigenvalue weighted by molar-refractivity contribution is 7.93. The number of thiophene rings is 1. The van der Waals surface area contributed by atoms with Gasteiger partial charge >= 0.3 is 5.97 Å². The van der Waals surface area contributed by atoms with E-state index in [1.165, 1.54) is 29.5 Å². The van der Waals surface area contributed by atoms with Crippen molar-refractivity contribution in [3.8, 4) is 0 Å². The number of ether oxygens (including phenoxy) is 1. The van der Waals surface area contributed by atoms with E-state index in [4.69, 9.17) is 4.74 Å². The highest BCUT2D eigenvalue weighted by Crippen LogP contribution is 2.39. The van der Waals surface area contributed by atoms with Crippen LogP contribution in [0.1, 0.15) is 50.9 Å². The van der Waals surface area contributed by atoms with E-state index < -0.39 is 21.9 Å². The molecule has 9 nitrogen and oxygen atoms in total. The Morgan fingerprint density at radius 1 is 1.06 bits per heavy atom. The van der Waals surface area contributed by atoms with Gasteiger partial charge in [0.1, 0.15) is 20.9 Å². The van der Waals surface area contributed by atoms with Gasteiger partial charge in [-0.25, -0.2) is 13.2 Å². The third kappa shape index (κ3) is 4.59. The number of esters is 1. The maximum absolute atomic E-state index is 13.4. The minimum Gasteiger partial charge on any atom is -0.462 e. The van der Waals surface area contributed by atoms with Crippen molar-refractivity contribution in [2.45, 2.75) is 37.5 Å². The van der Waals surface area contributed by atoms with E-state index in [2.05, 4.69) is 18.8 Å². The largest absolute Gasteiger partial charge is 0.462 e. The van der Waals surface area contributed by atoms with Crippen LogP contribution in [-0.2, 0) is 27.6 Å². The van der Waals surface area contributed by atoms with Crippen LogP contribution in [0.25, 0.3) is 11.0 Å². The minimum atomic E-state index is -4.07. The number of aromatic nitrogens is 2. The molecule has 36 heavy (non-hydrogen) atoms. The number of carbonyl (C=O) groups is 2. The first-order valence-corrected chi connectivity index (χ1v) is 14.4.